The summed E-state index contributed by atoms with van der Waals surface area (Å²) in [6, 6.07) is 0. The van der Waals surface area contributed by atoms with Gasteiger partial charge in [-0.05, 0) is 0 Å². The molecular formula is C4H10O7S. The molecule has 0 amide bonds. The third kappa shape index (κ3) is 9.75. The molecule has 1 fully saturated rings. The monoisotopic (exact) mass is 202 g/mol. The van der Waals surface area contributed by atoms with E-state index < -0.39 is 23.0 Å². The number of hydrogen-bond acceptors (Lipinski definition) is 5. The van der Waals surface area contributed by atoms with Crippen LogP contribution in [0.4, 0.5) is 0 Å². The zero-order valence-electron chi connectivity index (χ0n) is 5.99. The van der Waals surface area contributed by atoms with Crippen molar-refractivity contribution in [2.45, 2.75) is 25.4 Å². The van der Waals surface area contributed by atoms with Crippen molar-refractivity contribution in [3.8, 4) is 0 Å². The van der Waals surface area contributed by atoms with E-state index in [2.05, 4.69) is 4.74 Å². The summed E-state index contributed by atoms with van der Waals surface area (Å²) in [5.41, 5.74) is 0. The number of rotatable bonds is 0. The second-order valence-electron chi connectivity index (χ2n) is 2.07. The average Bonchev–Trinajstić information content (AvgIpc) is 2.09. The van der Waals surface area contributed by atoms with E-state index in [0.717, 1.165) is 0 Å². The first-order valence-corrected chi connectivity index (χ1v) is 4.40. The van der Waals surface area contributed by atoms with Gasteiger partial charge in [0.25, 0.3) is 0 Å². The Morgan fingerprint density at radius 1 is 1.08 bits per heavy atom. The van der Waals surface area contributed by atoms with E-state index in [4.69, 9.17) is 27.7 Å². The molecule has 74 valence electrons. The van der Waals surface area contributed by atoms with Gasteiger partial charge in [-0.2, -0.15) is 8.42 Å². The summed E-state index contributed by atoms with van der Waals surface area (Å²) < 4.78 is 36.1. The second kappa shape index (κ2) is 4.70. The van der Waals surface area contributed by atoms with Gasteiger partial charge in [0.1, 0.15) is 0 Å². The van der Waals surface area contributed by atoms with Gasteiger partial charge < -0.3 is 14.9 Å². The van der Waals surface area contributed by atoms with E-state index in [1.165, 1.54) is 0 Å². The first-order chi connectivity index (χ1) is 5.29. The summed E-state index contributed by atoms with van der Waals surface area (Å²) in [5, 5.41) is 17.0. The molecule has 4 N–H and O–H groups in total. The molecule has 2 unspecified atom stereocenters. The minimum Gasteiger partial charge on any atom is -0.368 e. The second-order valence-corrected chi connectivity index (χ2v) is 2.97. The molecule has 0 aromatic heterocycles. The fraction of sp³-hybridized carbons (Fsp3) is 1.00. The Bertz CT molecular complexity index is 193. The molecule has 1 heterocycles. The third-order valence-electron chi connectivity index (χ3n) is 0.975. The van der Waals surface area contributed by atoms with Crippen molar-refractivity contribution in [3.63, 3.8) is 0 Å². The highest BCUT2D eigenvalue weighted by atomic mass is 32.3. The highest BCUT2D eigenvalue weighted by Gasteiger charge is 2.19. The first-order valence-electron chi connectivity index (χ1n) is 3.00. The van der Waals surface area contributed by atoms with Crippen LogP contribution >= 0.6 is 0 Å². The molecule has 0 saturated carbocycles. The lowest BCUT2D eigenvalue weighted by atomic mass is 10.3. The van der Waals surface area contributed by atoms with E-state index in [1.54, 1.807) is 0 Å². The van der Waals surface area contributed by atoms with Gasteiger partial charge in [-0.15, -0.1) is 0 Å². The largest absolute Gasteiger partial charge is 0.394 e. The molecule has 12 heavy (non-hydrogen) atoms. The van der Waals surface area contributed by atoms with Crippen molar-refractivity contribution in [2.75, 3.05) is 0 Å². The lowest BCUT2D eigenvalue weighted by molar-refractivity contribution is -0.160. The predicted molar refractivity (Wildman–Crippen MR) is 36.5 cm³/mol. The van der Waals surface area contributed by atoms with Gasteiger partial charge in [0, 0.05) is 12.8 Å². The Hall–Kier alpha value is -0.250. The standard InChI is InChI=1S/C4H8O3.H2O4S/c5-3-1-2-4(6)7-3;1-5(2,3)4/h3-6H,1-2H2;(H2,1,2,3,4). The summed E-state index contributed by atoms with van der Waals surface area (Å²) in [4.78, 5) is 0. The van der Waals surface area contributed by atoms with Crippen LogP contribution in [0.25, 0.3) is 0 Å². The molecule has 1 saturated heterocycles. The van der Waals surface area contributed by atoms with Crippen molar-refractivity contribution >= 4 is 10.4 Å². The minimum absolute atomic E-state index is 0.557. The summed E-state index contributed by atoms with van der Waals surface area (Å²) in [7, 11) is -4.67. The van der Waals surface area contributed by atoms with E-state index in [9.17, 15) is 0 Å². The number of aliphatic hydroxyl groups is 2. The molecule has 2 atom stereocenters. The van der Waals surface area contributed by atoms with Crippen molar-refractivity contribution in [3.05, 3.63) is 0 Å². The van der Waals surface area contributed by atoms with Crippen LogP contribution < -0.4 is 0 Å². The van der Waals surface area contributed by atoms with Crippen LogP contribution in [0.2, 0.25) is 0 Å². The lowest BCUT2D eigenvalue weighted by Crippen LogP contribution is -2.07. The van der Waals surface area contributed by atoms with Crippen molar-refractivity contribution in [1.29, 1.82) is 0 Å². The Morgan fingerprint density at radius 2 is 1.33 bits per heavy atom. The summed E-state index contributed by atoms with van der Waals surface area (Å²) in [6.07, 6.45) is -0.340. The van der Waals surface area contributed by atoms with Crippen LogP contribution in [0.15, 0.2) is 0 Å². The molecule has 1 rings (SSSR count). The number of hydrogen-bond donors (Lipinski definition) is 4. The van der Waals surface area contributed by atoms with E-state index in [0.29, 0.717) is 12.8 Å². The quantitative estimate of drug-likeness (QED) is 0.363. The summed E-state index contributed by atoms with van der Waals surface area (Å²) >= 11 is 0. The number of ether oxygens (including phenoxy) is 1. The highest BCUT2D eigenvalue weighted by Crippen LogP contribution is 2.13. The van der Waals surface area contributed by atoms with Gasteiger partial charge in [-0.3, -0.25) is 9.11 Å². The average molecular weight is 202 g/mol. The van der Waals surface area contributed by atoms with Crippen molar-refractivity contribution < 1.29 is 32.5 Å². The van der Waals surface area contributed by atoms with Gasteiger partial charge in [-0.1, -0.05) is 0 Å². The molecule has 0 spiro atoms. The fourth-order valence-corrected chi connectivity index (χ4v) is 0.603. The van der Waals surface area contributed by atoms with E-state index in [1.807, 2.05) is 0 Å². The molecule has 0 aliphatic carbocycles. The Morgan fingerprint density at radius 3 is 1.42 bits per heavy atom. The SMILES string of the molecule is O=S(=O)(O)O.OC1CCC(O)O1. The van der Waals surface area contributed by atoms with Crippen molar-refractivity contribution in [1.82, 2.24) is 0 Å². The molecule has 0 aromatic rings. The molecule has 1 aliphatic rings. The smallest absolute Gasteiger partial charge is 0.368 e. The Kier molecular flexibility index (Phi) is 4.60. The highest BCUT2D eigenvalue weighted by molar-refractivity contribution is 7.79. The van der Waals surface area contributed by atoms with Crippen LogP contribution in [-0.4, -0.2) is 40.3 Å². The molecule has 7 nitrogen and oxygen atoms in total. The van der Waals surface area contributed by atoms with Crippen LogP contribution in [0.3, 0.4) is 0 Å². The predicted octanol–water partition coefficient (Wildman–Crippen LogP) is -1.22. The maximum atomic E-state index is 8.74. The molecule has 0 radical (unpaired) electrons. The third-order valence-corrected chi connectivity index (χ3v) is 0.975. The fourth-order valence-electron chi connectivity index (χ4n) is 0.603. The molecule has 8 heteroatoms. The van der Waals surface area contributed by atoms with Gasteiger partial charge in [0.15, 0.2) is 12.6 Å². The minimum atomic E-state index is -4.67. The van der Waals surface area contributed by atoms with Gasteiger partial charge >= 0.3 is 10.4 Å². The van der Waals surface area contributed by atoms with E-state index >= 15 is 0 Å². The Balaban J connectivity index is 0.000000217. The van der Waals surface area contributed by atoms with Crippen LogP contribution in [0.1, 0.15) is 12.8 Å². The molecular weight excluding hydrogens is 192 g/mol. The normalized spacial score (nSPS) is 29.3. The van der Waals surface area contributed by atoms with Crippen LogP contribution in [0, 0.1) is 0 Å². The Labute approximate surface area is 69.2 Å². The topological polar surface area (TPSA) is 124 Å². The van der Waals surface area contributed by atoms with Gasteiger partial charge in [0.05, 0.1) is 0 Å². The molecule has 0 aromatic carbocycles. The van der Waals surface area contributed by atoms with Crippen molar-refractivity contribution in [2.24, 2.45) is 0 Å². The van der Waals surface area contributed by atoms with Gasteiger partial charge in [-0.25, -0.2) is 0 Å². The van der Waals surface area contributed by atoms with Crippen LogP contribution in [0.5, 0.6) is 0 Å². The van der Waals surface area contributed by atoms with Gasteiger partial charge in [0.2, 0.25) is 0 Å². The summed E-state index contributed by atoms with van der Waals surface area (Å²) in [6.45, 7) is 0. The zero-order valence-corrected chi connectivity index (χ0v) is 6.81. The molecule has 1 aliphatic heterocycles. The first kappa shape index (κ1) is 11.8. The molecule has 0 bridgehead atoms. The zero-order chi connectivity index (χ0) is 9.78. The number of aliphatic hydroxyl groups excluding tert-OH is 2. The summed E-state index contributed by atoms with van der Waals surface area (Å²) in [5.74, 6) is 0. The lowest BCUT2D eigenvalue weighted by Gasteiger charge is -1.99. The van der Waals surface area contributed by atoms with Crippen LogP contribution in [-0.2, 0) is 15.1 Å². The van der Waals surface area contributed by atoms with E-state index in [-0.39, 0.29) is 0 Å². The maximum Gasteiger partial charge on any atom is 0.394 e. The maximum absolute atomic E-state index is 8.74.